The van der Waals surface area contributed by atoms with Gasteiger partial charge in [-0.25, -0.2) is 4.39 Å². The Balaban J connectivity index is 1.88. The third kappa shape index (κ3) is 3.43. The molecular weight excluding hydrogens is 231 g/mol. The summed E-state index contributed by atoms with van der Waals surface area (Å²) in [6.45, 7) is 3.00. The smallest absolute Gasteiger partial charge is 0.165 e. The highest BCUT2D eigenvalue weighted by atomic mass is 19.1. The predicted octanol–water partition coefficient (Wildman–Crippen LogP) is 1.80. The molecule has 1 aromatic rings. The third-order valence-corrected chi connectivity index (χ3v) is 3.47. The fourth-order valence-corrected chi connectivity index (χ4v) is 2.45. The summed E-state index contributed by atoms with van der Waals surface area (Å²) >= 11 is 0. The van der Waals surface area contributed by atoms with E-state index in [9.17, 15) is 4.39 Å². The van der Waals surface area contributed by atoms with Crippen LogP contribution < -0.4 is 10.5 Å². The monoisotopic (exact) mass is 252 g/mol. The number of piperidine rings is 1. The molecule has 0 aliphatic carbocycles. The van der Waals surface area contributed by atoms with E-state index in [0.29, 0.717) is 11.8 Å². The molecule has 1 atom stereocenters. The summed E-state index contributed by atoms with van der Waals surface area (Å²) in [5.41, 5.74) is 6.94. The maximum Gasteiger partial charge on any atom is 0.165 e. The number of hydrogen-bond donors (Lipinski definition) is 1. The Morgan fingerprint density at radius 1 is 1.50 bits per heavy atom. The summed E-state index contributed by atoms with van der Waals surface area (Å²) in [5.74, 6) is 0.0177. The fraction of sp³-hybridized carbons (Fsp3) is 0.571. The molecule has 0 spiro atoms. The topological polar surface area (TPSA) is 38.5 Å². The molecule has 18 heavy (non-hydrogen) atoms. The summed E-state index contributed by atoms with van der Waals surface area (Å²) < 4.78 is 18.4. The van der Waals surface area contributed by atoms with Crippen molar-refractivity contribution in [3.05, 3.63) is 29.6 Å². The maximum atomic E-state index is 13.5. The van der Waals surface area contributed by atoms with Crippen LogP contribution in [0.3, 0.4) is 0 Å². The molecule has 0 amide bonds. The highest BCUT2D eigenvalue weighted by Crippen LogP contribution is 2.18. The zero-order valence-corrected chi connectivity index (χ0v) is 10.9. The Kier molecular flexibility index (Phi) is 4.55. The third-order valence-electron chi connectivity index (χ3n) is 3.47. The molecular formula is C14H21FN2O. The number of benzene rings is 1. The van der Waals surface area contributed by atoms with Crippen LogP contribution in [0, 0.1) is 5.82 Å². The van der Waals surface area contributed by atoms with E-state index in [1.807, 2.05) is 6.07 Å². The van der Waals surface area contributed by atoms with Gasteiger partial charge >= 0.3 is 0 Å². The van der Waals surface area contributed by atoms with E-state index in [1.54, 1.807) is 12.1 Å². The predicted molar refractivity (Wildman–Crippen MR) is 70.3 cm³/mol. The molecule has 1 aromatic carbocycles. The quantitative estimate of drug-likeness (QED) is 0.888. The number of ether oxygens (including phenoxy) is 1. The fourth-order valence-electron chi connectivity index (χ4n) is 2.45. The van der Waals surface area contributed by atoms with Gasteiger partial charge in [0.05, 0.1) is 7.11 Å². The van der Waals surface area contributed by atoms with E-state index in [0.717, 1.165) is 44.5 Å². The van der Waals surface area contributed by atoms with Crippen LogP contribution in [0.1, 0.15) is 18.4 Å². The van der Waals surface area contributed by atoms with Crippen molar-refractivity contribution in [3.8, 4) is 5.75 Å². The Labute approximate surface area is 108 Å². The SMILES string of the molecule is COc1ccc(CCN2CCCC(N)C2)cc1F. The summed E-state index contributed by atoms with van der Waals surface area (Å²) in [5, 5.41) is 0. The molecule has 2 N–H and O–H groups in total. The van der Waals surface area contributed by atoms with E-state index in [4.69, 9.17) is 10.5 Å². The van der Waals surface area contributed by atoms with Gasteiger partial charge in [-0.05, 0) is 43.5 Å². The van der Waals surface area contributed by atoms with Gasteiger partial charge in [0.2, 0.25) is 0 Å². The van der Waals surface area contributed by atoms with Crippen molar-refractivity contribution in [3.63, 3.8) is 0 Å². The second-order valence-electron chi connectivity index (χ2n) is 4.92. The lowest BCUT2D eigenvalue weighted by Crippen LogP contribution is -2.43. The van der Waals surface area contributed by atoms with Crippen LogP contribution in [0.4, 0.5) is 4.39 Å². The van der Waals surface area contributed by atoms with Gasteiger partial charge in [0.1, 0.15) is 0 Å². The van der Waals surface area contributed by atoms with Crippen LogP contribution >= 0.6 is 0 Å². The Morgan fingerprint density at radius 3 is 3.00 bits per heavy atom. The molecule has 1 saturated heterocycles. The van der Waals surface area contributed by atoms with E-state index in [1.165, 1.54) is 7.11 Å². The van der Waals surface area contributed by atoms with Crippen molar-refractivity contribution in [2.24, 2.45) is 5.73 Å². The Hall–Kier alpha value is -1.13. The van der Waals surface area contributed by atoms with Gasteiger partial charge in [-0.1, -0.05) is 6.07 Å². The van der Waals surface area contributed by atoms with Gasteiger partial charge in [0.15, 0.2) is 11.6 Å². The van der Waals surface area contributed by atoms with Crippen LogP contribution in [-0.4, -0.2) is 37.7 Å². The molecule has 0 radical (unpaired) electrons. The number of halogens is 1. The standard InChI is InChI=1S/C14H21FN2O/c1-18-14-5-4-11(9-13(14)15)6-8-17-7-2-3-12(16)10-17/h4-5,9,12H,2-3,6-8,10,16H2,1H3. The molecule has 2 rings (SSSR count). The van der Waals surface area contributed by atoms with E-state index in [2.05, 4.69) is 4.90 Å². The van der Waals surface area contributed by atoms with Crippen molar-refractivity contribution < 1.29 is 9.13 Å². The van der Waals surface area contributed by atoms with Crippen LogP contribution in [0.25, 0.3) is 0 Å². The molecule has 0 aromatic heterocycles. The molecule has 1 fully saturated rings. The molecule has 100 valence electrons. The summed E-state index contributed by atoms with van der Waals surface area (Å²) in [6.07, 6.45) is 3.14. The highest BCUT2D eigenvalue weighted by molar-refractivity contribution is 5.29. The van der Waals surface area contributed by atoms with E-state index < -0.39 is 0 Å². The Bertz CT molecular complexity index is 397. The first kappa shape index (κ1) is 13.3. The normalized spacial score (nSPS) is 20.9. The minimum Gasteiger partial charge on any atom is -0.494 e. The van der Waals surface area contributed by atoms with Gasteiger partial charge in [0.25, 0.3) is 0 Å². The van der Waals surface area contributed by atoms with Gasteiger partial charge in [0, 0.05) is 19.1 Å². The Morgan fingerprint density at radius 2 is 2.33 bits per heavy atom. The molecule has 1 unspecified atom stereocenters. The maximum absolute atomic E-state index is 13.5. The second kappa shape index (κ2) is 6.16. The summed E-state index contributed by atoms with van der Waals surface area (Å²) in [7, 11) is 1.48. The average molecular weight is 252 g/mol. The van der Waals surface area contributed by atoms with Crippen LogP contribution in [-0.2, 0) is 6.42 Å². The first-order chi connectivity index (χ1) is 8.69. The molecule has 4 heteroatoms. The second-order valence-corrected chi connectivity index (χ2v) is 4.92. The van der Waals surface area contributed by atoms with E-state index in [-0.39, 0.29) is 5.82 Å². The van der Waals surface area contributed by atoms with Crippen LogP contribution in [0.5, 0.6) is 5.75 Å². The number of rotatable bonds is 4. The number of nitrogens with zero attached hydrogens (tertiary/aromatic N) is 1. The van der Waals surface area contributed by atoms with Crippen LogP contribution in [0.15, 0.2) is 18.2 Å². The van der Waals surface area contributed by atoms with Crippen molar-refractivity contribution in [1.29, 1.82) is 0 Å². The first-order valence-electron chi connectivity index (χ1n) is 6.49. The van der Waals surface area contributed by atoms with E-state index >= 15 is 0 Å². The molecule has 0 saturated carbocycles. The van der Waals surface area contributed by atoms with Gasteiger partial charge in [-0.3, -0.25) is 0 Å². The minimum atomic E-state index is -0.287. The van der Waals surface area contributed by atoms with Crippen molar-refractivity contribution in [2.75, 3.05) is 26.7 Å². The highest BCUT2D eigenvalue weighted by Gasteiger charge is 2.16. The first-order valence-corrected chi connectivity index (χ1v) is 6.49. The molecule has 1 aliphatic rings. The number of methoxy groups -OCH3 is 1. The van der Waals surface area contributed by atoms with Crippen molar-refractivity contribution in [2.45, 2.75) is 25.3 Å². The minimum absolute atomic E-state index is 0.287. The summed E-state index contributed by atoms with van der Waals surface area (Å²) in [6, 6.07) is 5.47. The zero-order valence-electron chi connectivity index (χ0n) is 10.9. The van der Waals surface area contributed by atoms with Crippen LogP contribution in [0.2, 0.25) is 0 Å². The lowest BCUT2D eigenvalue weighted by molar-refractivity contribution is 0.211. The van der Waals surface area contributed by atoms with Crippen molar-refractivity contribution >= 4 is 0 Å². The molecule has 1 heterocycles. The lowest BCUT2D eigenvalue weighted by atomic mass is 10.1. The number of likely N-dealkylation sites (tertiary alicyclic amines) is 1. The van der Waals surface area contributed by atoms with Crippen molar-refractivity contribution in [1.82, 2.24) is 4.90 Å². The molecule has 1 aliphatic heterocycles. The number of hydrogen-bond acceptors (Lipinski definition) is 3. The average Bonchev–Trinajstić information content (AvgIpc) is 2.37. The van der Waals surface area contributed by atoms with Gasteiger partial charge in [-0.15, -0.1) is 0 Å². The molecule has 0 bridgehead atoms. The molecule has 3 nitrogen and oxygen atoms in total. The zero-order chi connectivity index (χ0) is 13.0. The lowest BCUT2D eigenvalue weighted by Gasteiger charge is -2.30. The number of nitrogens with two attached hydrogens (primary N) is 1. The largest absolute Gasteiger partial charge is 0.494 e. The summed E-state index contributed by atoms with van der Waals surface area (Å²) in [4.78, 5) is 2.36. The van der Waals surface area contributed by atoms with Gasteiger partial charge in [-0.2, -0.15) is 0 Å². The van der Waals surface area contributed by atoms with Gasteiger partial charge < -0.3 is 15.4 Å².